The van der Waals surface area contributed by atoms with Crippen molar-refractivity contribution in [2.45, 2.75) is 26.7 Å². The molecule has 4 nitrogen and oxygen atoms in total. The van der Waals surface area contributed by atoms with Gasteiger partial charge in [-0.25, -0.2) is 0 Å². The van der Waals surface area contributed by atoms with Crippen molar-refractivity contribution in [3.8, 4) is 0 Å². The van der Waals surface area contributed by atoms with E-state index in [4.69, 9.17) is 5.73 Å². The molecule has 2 heterocycles. The number of aryl methyl sites for hydroxylation is 1. The lowest BCUT2D eigenvalue weighted by Crippen LogP contribution is -2.43. The van der Waals surface area contributed by atoms with Crippen molar-refractivity contribution in [2.24, 2.45) is 5.41 Å². The fraction of sp³-hybridized carbons (Fsp3) is 0.643. The molecule has 106 valence electrons. The molecule has 0 unspecified atom stereocenters. The van der Waals surface area contributed by atoms with Crippen molar-refractivity contribution >= 4 is 22.9 Å². The lowest BCUT2D eigenvalue weighted by Gasteiger charge is -2.37. The molecule has 1 aliphatic rings. The van der Waals surface area contributed by atoms with Crippen LogP contribution in [0, 0.1) is 12.3 Å². The van der Waals surface area contributed by atoms with Crippen molar-refractivity contribution in [1.29, 1.82) is 0 Å². The van der Waals surface area contributed by atoms with Gasteiger partial charge >= 0.3 is 0 Å². The van der Waals surface area contributed by atoms with Crippen LogP contribution < -0.4 is 11.1 Å². The lowest BCUT2D eigenvalue weighted by atomic mass is 9.80. The highest BCUT2D eigenvalue weighted by Gasteiger charge is 2.29. The van der Waals surface area contributed by atoms with Gasteiger partial charge in [-0.1, -0.05) is 6.92 Å². The Labute approximate surface area is 119 Å². The van der Waals surface area contributed by atoms with Crippen LogP contribution in [0.5, 0.6) is 0 Å². The van der Waals surface area contributed by atoms with Crippen LogP contribution >= 0.6 is 11.3 Å². The molecule has 0 radical (unpaired) electrons. The maximum absolute atomic E-state index is 12.1. The van der Waals surface area contributed by atoms with Gasteiger partial charge in [0.15, 0.2) is 0 Å². The summed E-state index contributed by atoms with van der Waals surface area (Å²) in [4.78, 5) is 16.2. The summed E-state index contributed by atoms with van der Waals surface area (Å²) in [5, 5.41) is 3.06. The normalized spacial score (nSPS) is 19.3. The monoisotopic (exact) mass is 281 g/mol. The first-order valence-electron chi connectivity index (χ1n) is 6.72. The van der Waals surface area contributed by atoms with Crippen molar-refractivity contribution in [3.63, 3.8) is 0 Å². The van der Waals surface area contributed by atoms with Gasteiger partial charge < -0.3 is 16.0 Å². The molecule has 0 aliphatic carbocycles. The molecule has 19 heavy (non-hydrogen) atoms. The summed E-state index contributed by atoms with van der Waals surface area (Å²) in [6.45, 7) is 7.16. The third-order valence-electron chi connectivity index (χ3n) is 4.05. The maximum Gasteiger partial charge on any atom is 0.261 e. The molecule has 1 saturated heterocycles. The predicted molar refractivity (Wildman–Crippen MR) is 80.6 cm³/mol. The maximum atomic E-state index is 12.1. The Morgan fingerprint density at radius 1 is 1.53 bits per heavy atom. The molecule has 1 aromatic heterocycles. The number of amides is 1. The van der Waals surface area contributed by atoms with E-state index in [1.807, 2.05) is 6.92 Å². The van der Waals surface area contributed by atoms with Crippen molar-refractivity contribution in [3.05, 3.63) is 15.8 Å². The van der Waals surface area contributed by atoms with E-state index < -0.39 is 0 Å². The molecule has 5 heteroatoms. The molecule has 1 amide bonds. The third-order valence-corrected chi connectivity index (χ3v) is 5.11. The molecule has 1 aliphatic heterocycles. The van der Waals surface area contributed by atoms with E-state index in [-0.39, 0.29) is 11.3 Å². The van der Waals surface area contributed by atoms with Crippen LogP contribution in [-0.2, 0) is 0 Å². The van der Waals surface area contributed by atoms with Crippen LogP contribution in [0.4, 0.5) is 5.69 Å². The molecule has 0 aromatic carbocycles. The Morgan fingerprint density at radius 3 is 2.68 bits per heavy atom. The van der Waals surface area contributed by atoms with Crippen LogP contribution in [0.25, 0.3) is 0 Å². The number of piperidine rings is 1. The number of thiophene rings is 1. The number of nitrogens with two attached hydrogens (primary N) is 1. The fourth-order valence-electron chi connectivity index (χ4n) is 2.32. The molecule has 1 aromatic rings. The topological polar surface area (TPSA) is 58.4 Å². The number of nitrogen functional groups attached to an aromatic ring is 1. The highest BCUT2D eigenvalue weighted by Crippen LogP contribution is 2.30. The van der Waals surface area contributed by atoms with Gasteiger partial charge in [-0.3, -0.25) is 4.79 Å². The van der Waals surface area contributed by atoms with Gasteiger partial charge in [-0.2, -0.15) is 0 Å². The summed E-state index contributed by atoms with van der Waals surface area (Å²) in [5.41, 5.74) is 6.71. The highest BCUT2D eigenvalue weighted by molar-refractivity contribution is 7.14. The Kier molecular flexibility index (Phi) is 4.16. The number of anilines is 1. The number of hydrogen-bond acceptors (Lipinski definition) is 4. The highest BCUT2D eigenvalue weighted by atomic mass is 32.1. The van der Waals surface area contributed by atoms with Crippen LogP contribution in [0.1, 0.15) is 34.3 Å². The molecule has 1 fully saturated rings. The average Bonchev–Trinajstić information content (AvgIpc) is 2.71. The first-order valence-corrected chi connectivity index (χ1v) is 7.54. The van der Waals surface area contributed by atoms with Crippen LogP contribution in [-0.4, -0.2) is 37.5 Å². The van der Waals surface area contributed by atoms with Gasteiger partial charge in [0.1, 0.15) is 0 Å². The second-order valence-electron chi connectivity index (χ2n) is 5.92. The third kappa shape index (κ3) is 3.48. The molecule has 2 rings (SSSR count). The summed E-state index contributed by atoms with van der Waals surface area (Å²) in [6, 6.07) is 1.77. The minimum absolute atomic E-state index is 0.00459. The van der Waals surface area contributed by atoms with Gasteiger partial charge in [-0.15, -0.1) is 11.3 Å². The zero-order chi connectivity index (χ0) is 14.0. The Morgan fingerprint density at radius 2 is 2.16 bits per heavy atom. The number of nitrogens with one attached hydrogen (secondary N) is 1. The largest absolute Gasteiger partial charge is 0.398 e. The number of likely N-dealkylation sites (tertiary alicyclic amines) is 1. The van der Waals surface area contributed by atoms with E-state index in [0.717, 1.165) is 37.4 Å². The summed E-state index contributed by atoms with van der Waals surface area (Å²) in [7, 11) is 2.15. The van der Waals surface area contributed by atoms with E-state index in [9.17, 15) is 4.79 Å². The zero-order valence-electron chi connectivity index (χ0n) is 12.0. The van der Waals surface area contributed by atoms with Gasteiger partial charge in [0.25, 0.3) is 5.91 Å². The molecule has 0 spiro atoms. The smallest absolute Gasteiger partial charge is 0.261 e. The quantitative estimate of drug-likeness (QED) is 0.892. The summed E-state index contributed by atoms with van der Waals surface area (Å²) >= 11 is 1.46. The SMILES string of the molecule is Cc1sc(C(=O)NCC2(C)CCN(C)CC2)cc1N. The van der Waals surface area contributed by atoms with E-state index in [1.54, 1.807) is 6.07 Å². The number of rotatable bonds is 3. The second-order valence-corrected chi connectivity index (χ2v) is 7.18. The first kappa shape index (κ1) is 14.3. The molecule has 0 saturated carbocycles. The van der Waals surface area contributed by atoms with Gasteiger partial charge in [0.2, 0.25) is 0 Å². The van der Waals surface area contributed by atoms with Crippen molar-refractivity contribution < 1.29 is 4.79 Å². The van der Waals surface area contributed by atoms with Crippen molar-refractivity contribution in [1.82, 2.24) is 10.2 Å². The summed E-state index contributed by atoms with van der Waals surface area (Å²) in [5.74, 6) is 0.00459. The van der Waals surface area contributed by atoms with E-state index in [2.05, 4.69) is 24.2 Å². The molecular formula is C14H23N3OS. The second kappa shape index (κ2) is 5.51. The molecule has 3 N–H and O–H groups in total. The molecular weight excluding hydrogens is 258 g/mol. The summed E-state index contributed by atoms with van der Waals surface area (Å²) < 4.78 is 0. The number of carbonyl (C=O) groups excluding carboxylic acids is 1. The van der Waals surface area contributed by atoms with E-state index in [1.165, 1.54) is 11.3 Å². The van der Waals surface area contributed by atoms with E-state index >= 15 is 0 Å². The van der Waals surface area contributed by atoms with Gasteiger partial charge in [0, 0.05) is 17.1 Å². The van der Waals surface area contributed by atoms with Crippen LogP contribution in [0.3, 0.4) is 0 Å². The van der Waals surface area contributed by atoms with Crippen LogP contribution in [0.15, 0.2) is 6.07 Å². The standard InChI is InChI=1S/C14H23N3OS/c1-10-11(15)8-12(19-10)13(18)16-9-14(2)4-6-17(3)7-5-14/h8H,4-7,9,15H2,1-3H3,(H,16,18). The first-order chi connectivity index (χ1) is 8.89. The summed E-state index contributed by atoms with van der Waals surface area (Å²) in [6.07, 6.45) is 2.27. The minimum Gasteiger partial charge on any atom is -0.398 e. The fourth-order valence-corrected chi connectivity index (χ4v) is 3.18. The minimum atomic E-state index is 0.00459. The zero-order valence-corrected chi connectivity index (χ0v) is 12.8. The van der Waals surface area contributed by atoms with E-state index in [0.29, 0.717) is 10.6 Å². The Balaban J connectivity index is 1.90. The number of hydrogen-bond donors (Lipinski definition) is 2. The number of carbonyl (C=O) groups is 1. The van der Waals surface area contributed by atoms with Crippen molar-refractivity contribution in [2.75, 3.05) is 32.4 Å². The average molecular weight is 281 g/mol. The lowest BCUT2D eigenvalue weighted by molar-refractivity contribution is 0.0895. The number of nitrogens with zero attached hydrogens (tertiary/aromatic N) is 1. The predicted octanol–water partition coefficient (Wildman–Crippen LogP) is 2.10. The molecule has 0 bridgehead atoms. The Bertz CT molecular complexity index is 442. The van der Waals surface area contributed by atoms with Crippen LogP contribution in [0.2, 0.25) is 0 Å². The Hall–Kier alpha value is -1.07. The van der Waals surface area contributed by atoms with Gasteiger partial charge in [-0.05, 0) is 51.4 Å². The molecule has 0 atom stereocenters. The van der Waals surface area contributed by atoms with Gasteiger partial charge in [0.05, 0.1) is 4.88 Å².